The van der Waals surface area contributed by atoms with E-state index in [1.165, 1.54) is 76.3 Å². The van der Waals surface area contributed by atoms with Crippen molar-refractivity contribution in [1.82, 2.24) is 14.7 Å². The molecule has 0 amide bonds. The first-order valence-electron chi connectivity index (χ1n) is 11.1. The minimum atomic E-state index is -1.63. The highest BCUT2D eigenvalue weighted by Gasteiger charge is 2.41. The van der Waals surface area contributed by atoms with Gasteiger partial charge in [0.25, 0.3) is 0 Å². The lowest BCUT2D eigenvalue weighted by Gasteiger charge is -2.42. The maximum atomic E-state index is 6.28. The minimum absolute atomic E-state index is 0.455. The second kappa shape index (κ2) is 14.1. The lowest BCUT2D eigenvalue weighted by Crippen LogP contribution is -2.42. The summed E-state index contributed by atoms with van der Waals surface area (Å²) in [6.07, 6.45) is 7.97. The molecule has 4 nitrogen and oxygen atoms in total. The lowest BCUT2D eigenvalue weighted by atomic mass is 9.76. The SMILES string of the molecule is CC[Si](CC)(CC(CCCN(C)C)(CCCN(C)C)CCCN(C)C)OC. The van der Waals surface area contributed by atoms with Crippen molar-refractivity contribution in [2.75, 3.05) is 69.0 Å². The summed E-state index contributed by atoms with van der Waals surface area (Å²) in [6, 6.07) is 3.84. The van der Waals surface area contributed by atoms with Gasteiger partial charge in [-0.25, -0.2) is 0 Å². The van der Waals surface area contributed by atoms with Crippen LogP contribution in [0.25, 0.3) is 0 Å². The van der Waals surface area contributed by atoms with E-state index in [4.69, 9.17) is 4.43 Å². The van der Waals surface area contributed by atoms with Gasteiger partial charge in [0, 0.05) is 7.11 Å². The fraction of sp³-hybridized carbons (Fsp3) is 1.00. The zero-order valence-electron chi connectivity index (χ0n) is 20.2. The van der Waals surface area contributed by atoms with E-state index < -0.39 is 8.32 Å². The third kappa shape index (κ3) is 11.6. The van der Waals surface area contributed by atoms with Gasteiger partial charge in [-0.3, -0.25) is 0 Å². The van der Waals surface area contributed by atoms with Crippen molar-refractivity contribution in [1.29, 1.82) is 0 Å². The summed E-state index contributed by atoms with van der Waals surface area (Å²) in [6.45, 7) is 8.32. The molecule has 0 bridgehead atoms. The second-order valence-electron chi connectivity index (χ2n) is 9.49. The molecule has 0 rings (SSSR count). The zero-order valence-corrected chi connectivity index (χ0v) is 21.2. The number of nitrogens with zero attached hydrogens (tertiary/aromatic N) is 3. The molecule has 0 aromatic carbocycles. The number of hydrogen-bond donors (Lipinski definition) is 0. The molecule has 0 atom stereocenters. The molecule has 0 aliphatic rings. The highest BCUT2D eigenvalue weighted by atomic mass is 28.4. The van der Waals surface area contributed by atoms with Gasteiger partial charge in [-0.15, -0.1) is 0 Å². The normalized spacial score (nSPS) is 13.3. The van der Waals surface area contributed by atoms with Crippen LogP contribution in [-0.4, -0.2) is 92.0 Å². The Morgan fingerprint density at radius 2 is 1.00 bits per heavy atom. The van der Waals surface area contributed by atoms with Gasteiger partial charge in [-0.1, -0.05) is 13.8 Å². The molecule has 0 unspecified atom stereocenters. The predicted octanol–water partition coefficient (Wildman–Crippen LogP) is 4.63. The summed E-state index contributed by atoms with van der Waals surface area (Å²) >= 11 is 0. The number of hydrogen-bond acceptors (Lipinski definition) is 4. The van der Waals surface area contributed by atoms with E-state index >= 15 is 0 Å². The van der Waals surface area contributed by atoms with Crippen molar-refractivity contribution in [3.05, 3.63) is 0 Å². The first-order valence-corrected chi connectivity index (χ1v) is 13.7. The fourth-order valence-corrected chi connectivity index (χ4v) is 8.11. The van der Waals surface area contributed by atoms with Crippen LogP contribution in [0.3, 0.4) is 0 Å². The molecule has 0 radical (unpaired) electrons. The molecule has 0 saturated heterocycles. The van der Waals surface area contributed by atoms with Crippen LogP contribution in [0.4, 0.5) is 0 Å². The smallest absolute Gasteiger partial charge is 0.192 e. The summed E-state index contributed by atoms with van der Waals surface area (Å²) < 4.78 is 6.28. The van der Waals surface area contributed by atoms with Crippen molar-refractivity contribution in [2.24, 2.45) is 5.41 Å². The average molecular weight is 402 g/mol. The maximum Gasteiger partial charge on any atom is 0.192 e. The lowest BCUT2D eigenvalue weighted by molar-refractivity contribution is 0.190. The molecule has 0 aromatic rings. The van der Waals surface area contributed by atoms with Crippen LogP contribution in [0.5, 0.6) is 0 Å². The Kier molecular flexibility index (Phi) is 14.1. The molecule has 0 aromatic heterocycles. The van der Waals surface area contributed by atoms with Gasteiger partial charge in [0.15, 0.2) is 8.32 Å². The topological polar surface area (TPSA) is 19.0 Å². The van der Waals surface area contributed by atoms with E-state index in [0.717, 1.165) is 0 Å². The monoisotopic (exact) mass is 401 g/mol. The van der Waals surface area contributed by atoms with E-state index in [1.807, 2.05) is 7.11 Å². The molecular weight excluding hydrogens is 350 g/mol. The van der Waals surface area contributed by atoms with Crippen molar-refractivity contribution in [3.8, 4) is 0 Å². The third-order valence-electron chi connectivity index (χ3n) is 6.36. The Hall–Kier alpha value is 0.0569. The van der Waals surface area contributed by atoms with Gasteiger partial charge in [0.1, 0.15) is 0 Å². The average Bonchev–Trinajstić information content (AvgIpc) is 2.59. The zero-order chi connectivity index (χ0) is 20.9. The Balaban J connectivity index is 5.42. The Morgan fingerprint density at radius 1 is 0.667 bits per heavy atom. The van der Waals surface area contributed by atoms with Crippen molar-refractivity contribution in [2.45, 2.75) is 70.5 Å². The van der Waals surface area contributed by atoms with Crippen LogP contribution in [0.2, 0.25) is 18.1 Å². The van der Waals surface area contributed by atoms with Gasteiger partial charge in [0.05, 0.1) is 0 Å². The molecule has 164 valence electrons. The van der Waals surface area contributed by atoms with Gasteiger partial charge in [0.2, 0.25) is 0 Å². The number of rotatable bonds is 17. The van der Waals surface area contributed by atoms with Crippen molar-refractivity contribution >= 4 is 8.32 Å². The van der Waals surface area contributed by atoms with Crippen LogP contribution in [-0.2, 0) is 4.43 Å². The van der Waals surface area contributed by atoms with E-state index in [9.17, 15) is 0 Å². The summed E-state index contributed by atoms with van der Waals surface area (Å²) in [5.74, 6) is 0. The van der Waals surface area contributed by atoms with Gasteiger partial charge in [-0.2, -0.15) is 0 Å². The molecule has 0 N–H and O–H groups in total. The van der Waals surface area contributed by atoms with Gasteiger partial charge in [-0.05, 0) is 124 Å². The Labute approximate surface area is 172 Å². The molecule has 5 heteroatoms. The summed E-state index contributed by atoms with van der Waals surface area (Å²) in [5.41, 5.74) is 0.455. The summed E-state index contributed by atoms with van der Waals surface area (Å²) in [5, 5.41) is 0. The van der Waals surface area contributed by atoms with Crippen LogP contribution in [0.1, 0.15) is 52.4 Å². The van der Waals surface area contributed by atoms with Crippen LogP contribution >= 0.6 is 0 Å². The molecular formula is C22H51N3OSi. The molecule has 0 aliphatic heterocycles. The molecule has 0 aliphatic carbocycles. The van der Waals surface area contributed by atoms with Crippen molar-refractivity contribution < 1.29 is 4.43 Å². The molecule has 0 saturated carbocycles. The third-order valence-corrected chi connectivity index (χ3v) is 11.2. The highest BCUT2D eigenvalue weighted by Crippen LogP contribution is 2.45. The fourth-order valence-electron chi connectivity index (χ4n) is 4.50. The predicted molar refractivity (Wildman–Crippen MR) is 124 cm³/mol. The van der Waals surface area contributed by atoms with E-state index in [1.54, 1.807) is 0 Å². The van der Waals surface area contributed by atoms with Crippen LogP contribution in [0.15, 0.2) is 0 Å². The van der Waals surface area contributed by atoms with Crippen molar-refractivity contribution in [3.63, 3.8) is 0 Å². The molecule has 0 spiro atoms. The van der Waals surface area contributed by atoms with E-state index in [0.29, 0.717) is 5.41 Å². The van der Waals surface area contributed by atoms with E-state index in [2.05, 4.69) is 70.8 Å². The van der Waals surface area contributed by atoms with E-state index in [-0.39, 0.29) is 0 Å². The Bertz CT molecular complexity index is 313. The second-order valence-corrected chi connectivity index (χ2v) is 14.0. The quantitative estimate of drug-likeness (QED) is 0.331. The highest BCUT2D eigenvalue weighted by molar-refractivity contribution is 6.73. The van der Waals surface area contributed by atoms with Crippen LogP contribution < -0.4 is 0 Å². The minimum Gasteiger partial charge on any atom is -0.420 e. The van der Waals surface area contributed by atoms with Crippen LogP contribution in [0, 0.1) is 5.41 Å². The molecule has 0 fully saturated rings. The standard InChI is InChI=1S/C22H51N3OSi/c1-10-27(11-2,26-9)21-22(15-12-18-23(3)4,16-13-19-24(5)6)17-14-20-25(7)8/h10-21H2,1-9H3. The first kappa shape index (κ1) is 27.1. The maximum absolute atomic E-state index is 6.28. The largest absolute Gasteiger partial charge is 0.420 e. The first-order chi connectivity index (χ1) is 12.6. The molecule has 0 heterocycles. The Morgan fingerprint density at radius 3 is 1.22 bits per heavy atom. The molecule has 27 heavy (non-hydrogen) atoms. The van der Waals surface area contributed by atoms with Gasteiger partial charge < -0.3 is 19.1 Å². The summed E-state index contributed by atoms with van der Waals surface area (Å²) in [7, 11) is 13.6. The summed E-state index contributed by atoms with van der Waals surface area (Å²) in [4.78, 5) is 7.02. The van der Waals surface area contributed by atoms with Gasteiger partial charge >= 0.3 is 0 Å².